The summed E-state index contributed by atoms with van der Waals surface area (Å²) in [5.74, 6) is 0.817. The Kier molecular flexibility index (Phi) is 4.73. The molecule has 1 aliphatic rings. The summed E-state index contributed by atoms with van der Waals surface area (Å²) in [5, 5.41) is 0. The van der Waals surface area contributed by atoms with E-state index in [1.807, 2.05) is 19.1 Å². The van der Waals surface area contributed by atoms with Crippen molar-refractivity contribution in [1.29, 1.82) is 0 Å². The van der Waals surface area contributed by atoms with Gasteiger partial charge in [-0.15, -0.1) is 0 Å². The second-order valence-electron chi connectivity index (χ2n) is 4.88. The maximum Gasteiger partial charge on any atom is 0.144 e. The molecule has 0 atom stereocenters. The lowest BCUT2D eigenvalue weighted by Gasteiger charge is -2.28. The summed E-state index contributed by atoms with van der Waals surface area (Å²) in [6.45, 7) is 4.87. The first-order chi connectivity index (χ1) is 8.83. The zero-order chi connectivity index (χ0) is 12.8. The van der Waals surface area contributed by atoms with E-state index in [0.717, 1.165) is 30.2 Å². The highest BCUT2D eigenvalue weighted by Crippen LogP contribution is 2.33. The minimum atomic E-state index is 0.660. The topological polar surface area (TPSA) is 38.5 Å². The molecule has 0 unspecified atom stereocenters. The minimum Gasteiger partial charge on any atom is -0.492 e. The van der Waals surface area contributed by atoms with Gasteiger partial charge >= 0.3 is 0 Å². The smallest absolute Gasteiger partial charge is 0.144 e. The van der Waals surface area contributed by atoms with E-state index in [1.165, 1.54) is 32.1 Å². The van der Waals surface area contributed by atoms with Gasteiger partial charge in [0, 0.05) is 13.1 Å². The molecule has 0 radical (unpaired) electrons. The summed E-state index contributed by atoms with van der Waals surface area (Å²) in [6.07, 6.45) is 6.57. The lowest BCUT2D eigenvalue weighted by atomic mass is 10.1. The standard InChI is InChI=1S/C15H24N2O/c1-2-18-14-10-8-9-13(15(14)16)17-11-6-4-3-5-7-12-17/h8-10H,2-7,11-12,16H2,1H3. The van der Waals surface area contributed by atoms with E-state index in [4.69, 9.17) is 10.5 Å². The maximum atomic E-state index is 6.22. The molecule has 100 valence electrons. The summed E-state index contributed by atoms with van der Waals surface area (Å²) in [4.78, 5) is 2.41. The van der Waals surface area contributed by atoms with E-state index in [0.29, 0.717) is 6.61 Å². The number of nitrogen functional groups attached to an aromatic ring is 1. The van der Waals surface area contributed by atoms with Crippen LogP contribution < -0.4 is 15.4 Å². The number of nitrogens with zero attached hydrogens (tertiary/aromatic N) is 1. The van der Waals surface area contributed by atoms with E-state index in [1.54, 1.807) is 0 Å². The molecule has 1 aromatic rings. The molecular formula is C15H24N2O. The second kappa shape index (κ2) is 6.53. The fourth-order valence-electron chi connectivity index (χ4n) is 2.58. The summed E-state index contributed by atoms with van der Waals surface area (Å²) in [7, 11) is 0. The van der Waals surface area contributed by atoms with Gasteiger partial charge in [0.25, 0.3) is 0 Å². The maximum absolute atomic E-state index is 6.22. The molecule has 0 amide bonds. The number of anilines is 2. The SMILES string of the molecule is CCOc1cccc(N2CCCCCCC2)c1N. The molecule has 0 bridgehead atoms. The van der Waals surface area contributed by atoms with Crippen molar-refractivity contribution >= 4 is 11.4 Å². The van der Waals surface area contributed by atoms with Gasteiger partial charge in [-0.3, -0.25) is 0 Å². The Bertz CT molecular complexity index is 371. The molecule has 2 rings (SSSR count). The molecule has 1 aliphatic heterocycles. The Labute approximate surface area is 110 Å². The summed E-state index contributed by atoms with van der Waals surface area (Å²) >= 11 is 0. The van der Waals surface area contributed by atoms with Gasteiger partial charge in [0.15, 0.2) is 0 Å². The first kappa shape index (κ1) is 13.1. The van der Waals surface area contributed by atoms with Gasteiger partial charge in [-0.2, -0.15) is 0 Å². The third-order valence-corrected chi connectivity index (χ3v) is 3.54. The Balaban J connectivity index is 2.17. The molecule has 1 aromatic carbocycles. The molecule has 0 aliphatic carbocycles. The molecule has 1 saturated heterocycles. The third kappa shape index (κ3) is 3.09. The molecular weight excluding hydrogens is 224 g/mol. The van der Waals surface area contributed by atoms with Gasteiger partial charge in [0.2, 0.25) is 0 Å². The average Bonchev–Trinajstić information content (AvgIpc) is 2.33. The number of para-hydroxylation sites is 1. The fourth-order valence-corrected chi connectivity index (χ4v) is 2.58. The normalized spacial score (nSPS) is 17.1. The molecule has 3 nitrogen and oxygen atoms in total. The van der Waals surface area contributed by atoms with Crippen molar-refractivity contribution in [1.82, 2.24) is 0 Å². The summed E-state index contributed by atoms with van der Waals surface area (Å²) in [5.41, 5.74) is 8.16. The van der Waals surface area contributed by atoms with Gasteiger partial charge in [-0.05, 0) is 31.9 Å². The third-order valence-electron chi connectivity index (χ3n) is 3.54. The second-order valence-corrected chi connectivity index (χ2v) is 4.88. The zero-order valence-corrected chi connectivity index (χ0v) is 11.3. The van der Waals surface area contributed by atoms with Gasteiger partial charge in [-0.25, -0.2) is 0 Å². The van der Waals surface area contributed by atoms with E-state index < -0.39 is 0 Å². The molecule has 0 aromatic heterocycles. The number of nitrogens with two attached hydrogens (primary N) is 1. The molecule has 18 heavy (non-hydrogen) atoms. The molecule has 3 heteroatoms. The Morgan fingerprint density at radius 3 is 2.44 bits per heavy atom. The van der Waals surface area contributed by atoms with Crippen molar-refractivity contribution < 1.29 is 4.74 Å². The zero-order valence-electron chi connectivity index (χ0n) is 11.3. The Hall–Kier alpha value is -1.38. The number of hydrogen-bond donors (Lipinski definition) is 1. The number of rotatable bonds is 3. The van der Waals surface area contributed by atoms with Crippen LogP contribution in [0.15, 0.2) is 18.2 Å². The first-order valence-electron chi connectivity index (χ1n) is 7.09. The predicted molar refractivity (Wildman–Crippen MR) is 77.3 cm³/mol. The van der Waals surface area contributed by atoms with Crippen LogP contribution in [0.5, 0.6) is 5.75 Å². The number of hydrogen-bond acceptors (Lipinski definition) is 3. The van der Waals surface area contributed by atoms with E-state index in [-0.39, 0.29) is 0 Å². The molecule has 2 N–H and O–H groups in total. The van der Waals surface area contributed by atoms with Crippen molar-refractivity contribution in [3.05, 3.63) is 18.2 Å². The summed E-state index contributed by atoms with van der Waals surface area (Å²) < 4.78 is 5.57. The Morgan fingerprint density at radius 2 is 1.78 bits per heavy atom. The number of benzene rings is 1. The van der Waals surface area contributed by atoms with Crippen LogP contribution in [-0.4, -0.2) is 19.7 Å². The molecule has 1 fully saturated rings. The molecule has 1 heterocycles. The van der Waals surface area contributed by atoms with E-state index in [9.17, 15) is 0 Å². The van der Waals surface area contributed by atoms with Crippen LogP contribution in [0.2, 0.25) is 0 Å². The quantitative estimate of drug-likeness (QED) is 0.833. The fraction of sp³-hybridized carbons (Fsp3) is 0.600. The Morgan fingerprint density at radius 1 is 1.11 bits per heavy atom. The van der Waals surface area contributed by atoms with Crippen LogP contribution in [0.25, 0.3) is 0 Å². The van der Waals surface area contributed by atoms with Crippen LogP contribution in [0.4, 0.5) is 11.4 Å². The highest BCUT2D eigenvalue weighted by Gasteiger charge is 2.14. The summed E-state index contributed by atoms with van der Waals surface area (Å²) in [6, 6.07) is 6.10. The van der Waals surface area contributed by atoms with Crippen molar-refractivity contribution in [3.63, 3.8) is 0 Å². The molecule has 0 saturated carbocycles. The van der Waals surface area contributed by atoms with Crippen molar-refractivity contribution in [2.24, 2.45) is 0 Å². The lowest BCUT2D eigenvalue weighted by Crippen LogP contribution is -2.27. The van der Waals surface area contributed by atoms with Gasteiger partial charge in [0.1, 0.15) is 5.75 Å². The van der Waals surface area contributed by atoms with Gasteiger partial charge in [-0.1, -0.05) is 25.3 Å². The van der Waals surface area contributed by atoms with Crippen LogP contribution in [0.3, 0.4) is 0 Å². The highest BCUT2D eigenvalue weighted by molar-refractivity contribution is 5.74. The van der Waals surface area contributed by atoms with Crippen molar-refractivity contribution in [3.8, 4) is 5.75 Å². The van der Waals surface area contributed by atoms with Crippen LogP contribution >= 0.6 is 0 Å². The van der Waals surface area contributed by atoms with Crippen LogP contribution in [0, 0.1) is 0 Å². The van der Waals surface area contributed by atoms with Gasteiger partial charge < -0.3 is 15.4 Å². The predicted octanol–water partition coefficient (Wildman–Crippen LogP) is 3.44. The van der Waals surface area contributed by atoms with Crippen LogP contribution in [-0.2, 0) is 0 Å². The number of ether oxygens (including phenoxy) is 1. The van der Waals surface area contributed by atoms with Crippen LogP contribution in [0.1, 0.15) is 39.0 Å². The van der Waals surface area contributed by atoms with E-state index >= 15 is 0 Å². The van der Waals surface area contributed by atoms with Crippen molar-refractivity contribution in [2.45, 2.75) is 39.0 Å². The largest absolute Gasteiger partial charge is 0.492 e. The minimum absolute atomic E-state index is 0.660. The lowest BCUT2D eigenvalue weighted by molar-refractivity contribution is 0.342. The highest BCUT2D eigenvalue weighted by atomic mass is 16.5. The van der Waals surface area contributed by atoms with Gasteiger partial charge in [0.05, 0.1) is 18.0 Å². The molecule has 0 spiro atoms. The van der Waals surface area contributed by atoms with Crippen molar-refractivity contribution in [2.75, 3.05) is 30.3 Å². The average molecular weight is 248 g/mol. The van der Waals surface area contributed by atoms with E-state index in [2.05, 4.69) is 11.0 Å². The monoisotopic (exact) mass is 248 g/mol. The first-order valence-corrected chi connectivity index (χ1v) is 7.09.